The third-order valence-corrected chi connectivity index (χ3v) is 10.1. The van der Waals surface area contributed by atoms with E-state index >= 15 is 0 Å². The van der Waals surface area contributed by atoms with Gasteiger partial charge in [-0.2, -0.15) is 0 Å². The maximum atomic E-state index is 2.66. The summed E-state index contributed by atoms with van der Waals surface area (Å²) in [7, 11) is 0. The second kappa shape index (κ2) is 9.82. The summed E-state index contributed by atoms with van der Waals surface area (Å²) in [5.41, 5.74) is 14.3. The minimum atomic E-state index is 0.0874. The van der Waals surface area contributed by atoms with E-state index in [1.165, 1.54) is 77.8 Å². The van der Waals surface area contributed by atoms with Crippen LogP contribution in [0.2, 0.25) is 0 Å². The van der Waals surface area contributed by atoms with E-state index in [0.29, 0.717) is 0 Å². The van der Waals surface area contributed by atoms with E-state index in [2.05, 4.69) is 179 Å². The number of hydrogen-bond acceptors (Lipinski definition) is 1. The fourth-order valence-corrected chi connectivity index (χ4v) is 8.38. The zero-order valence-electron chi connectivity index (χ0n) is 25.2. The summed E-state index contributed by atoms with van der Waals surface area (Å²) < 4.78 is 2.51. The van der Waals surface area contributed by atoms with Gasteiger partial charge in [-0.1, -0.05) is 133 Å². The molecule has 0 saturated carbocycles. The molecule has 2 heterocycles. The molecule has 7 aromatic carbocycles. The molecule has 0 amide bonds. The first-order chi connectivity index (χ1) is 22.9. The molecule has 0 N–H and O–H groups in total. The van der Waals surface area contributed by atoms with Crippen molar-refractivity contribution in [1.29, 1.82) is 0 Å². The Bertz CT molecular complexity index is 2420. The topological polar surface area (TPSA) is 8.17 Å². The third-order valence-electron chi connectivity index (χ3n) is 10.1. The van der Waals surface area contributed by atoms with Crippen LogP contribution in [0.3, 0.4) is 0 Å². The van der Waals surface area contributed by atoms with Crippen molar-refractivity contribution in [2.45, 2.75) is 12.0 Å². The normalized spacial score (nSPS) is 16.2. The minimum absolute atomic E-state index is 0.0874. The first-order valence-corrected chi connectivity index (χ1v) is 16.1. The molecule has 2 heteroatoms. The molecular weight excluding hydrogens is 556 g/mol. The molecule has 0 bridgehead atoms. The van der Waals surface area contributed by atoms with Gasteiger partial charge < -0.3 is 9.47 Å². The molecule has 2 unspecified atom stereocenters. The summed E-state index contributed by atoms with van der Waals surface area (Å²) in [6, 6.07) is 62.5. The summed E-state index contributed by atoms with van der Waals surface area (Å²) in [6.07, 6.45) is 0. The Labute approximate surface area is 268 Å². The highest BCUT2D eigenvalue weighted by molar-refractivity contribution is 6.07. The number of nitrogens with zero attached hydrogens (tertiary/aromatic N) is 2. The van der Waals surface area contributed by atoms with Crippen molar-refractivity contribution in [1.82, 2.24) is 4.57 Å². The van der Waals surface area contributed by atoms with Crippen molar-refractivity contribution in [3.63, 3.8) is 0 Å². The van der Waals surface area contributed by atoms with Crippen LogP contribution in [0, 0.1) is 0 Å². The third kappa shape index (κ3) is 3.47. The van der Waals surface area contributed by atoms with Gasteiger partial charge in [0.1, 0.15) is 0 Å². The second-order valence-corrected chi connectivity index (χ2v) is 12.4. The summed E-state index contributed by atoms with van der Waals surface area (Å²) in [5.74, 6) is 0.106. The van der Waals surface area contributed by atoms with Gasteiger partial charge in [-0.15, -0.1) is 0 Å². The van der Waals surface area contributed by atoms with E-state index < -0.39 is 0 Å². The Kier molecular flexibility index (Phi) is 5.44. The highest BCUT2D eigenvalue weighted by Crippen LogP contribution is 2.65. The van der Waals surface area contributed by atoms with Gasteiger partial charge in [-0.25, -0.2) is 0 Å². The highest BCUT2D eigenvalue weighted by Gasteiger charge is 2.49. The number of anilines is 2. The molecule has 1 aliphatic heterocycles. The Hall–Kier alpha value is -5.86. The average molecular weight is 587 g/mol. The van der Waals surface area contributed by atoms with Gasteiger partial charge in [0.25, 0.3) is 0 Å². The quantitative estimate of drug-likeness (QED) is 0.200. The van der Waals surface area contributed by atoms with Crippen LogP contribution >= 0.6 is 0 Å². The monoisotopic (exact) mass is 586 g/mol. The molecule has 46 heavy (non-hydrogen) atoms. The summed E-state index contributed by atoms with van der Waals surface area (Å²) in [6.45, 7) is 0. The molecule has 0 spiro atoms. The van der Waals surface area contributed by atoms with Crippen LogP contribution in [-0.2, 0) is 0 Å². The van der Waals surface area contributed by atoms with Crippen molar-refractivity contribution in [2.24, 2.45) is 0 Å². The van der Waals surface area contributed by atoms with Crippen LogP contribution in [0.25, 0.3) is 49.7 Å². The molecule has 0 radical (unpaired) electrons. The molecule has 0 fully saturated rings. The first kappa shape index (κ1) is 25.5. The minimum Gasteiger partial charge on any atom is -0.332 e. The Morgan fingerprint density at radius 3 is 1.85 bits per heavy atom. The van der Waals surface area contributed by atoms with Crippen LogP contribution < -0.4 is 4.90 Å². The van der Waals surface area contributed by atoms with Crippen molar-refractivity contribution in [2.75, 3.05) is 4.90 Å². The maximum absolute atomic E-state index is 2.66. The van der Waals surface area contributed by atoms with Crippen molar-refractivity contribution >= 4 is 33.1 Å². The average Bonchev–Trinajstić information content (AvgIpc) is 3.67. The predicted octanol–water partition coefficient (Wildman–Crippen LogP) is 11.5. The number of para-hydroxylation sites is 3. The van der Waals surface area contributed by atoms with Gasteiger partial charge in [0.15, 0.2) is 0 Å². The number of hydrogen-bond donors (Lipinski definition) is 0. The lowest BCUT2D eigenvalue weighted by molar-refractivity contribution is 0.652. The van der Waals surface area contributed by atoms with Gasteiger partial charge >= 0.3 is 0 Å². The lowest BCUT2D eigenvalue weighted by Gasteiger charge is -2.36. The first-order valence-electron chi connectivity index (χ1n) is 16.1. The van der Waals surface area contributed by atoms with Crippen LogP contribution in [0.1, 0.15) is 28.7 Å². The fourth-order valence-electron chi connectivity index (χ4n) is 8.38. The summed E-state index contributed by atoms with van der Waals surface area (Å²) >= 11 is 0. The van der Waals surface area contributed by atoms with Crippen molar-refractivity contribution in [3.05, 3.63) is 187 Å². The molecule has 216 valence electrons. The second-order valence-electron chi connectivity index (χ2n) is 12.4. The summed E-state index contributed by atoms with van der Waals surface area (Å²) in [4.78, 5) is 2.66. The Balaban J connectivity index is 1.42. The van der Waals surface area contributed by atoms with Gasteiger partial charge in [-0.3, -0.25) is 0 Å². The van der Waals surface area contributed by atoms with Crippen LogP contribution in [0.5, 0.6) is 0 Å². The molecule has 1 aliphatic carbocycles. The van der Waals surface area contributed by atoms with E-state index in [4.69, 9.17) is 0 Å². The molecule has 8 aromatic rings. The van der Waals surface area contributed by atoms with Crippen LogP contribution in [0.4, 0.5) is 11.4 Å². The maximum Gasteiger partial charge on any atom is 0.0709 e. The number of benzene rings is 7. The standard InChI is InChI=1S/C44H30N2/c1-4-16-29(17-5-1)37-28-30-18-10-11-23-33(30)42-40(37)41-39-36-26-14-15-27-38(36)45(31-19-6-2-7-20-31)43(39)34-24-12-13-25-35(34)44(41)46(42)32-21-8-3-9-22-32/h1-28,41,44H. The predicted molar refractivity (Wildman–Crippen MR) is 191 cm³/mol. The van der Waals surface area contributed by atoms with Crippen molar-refractivity contribution < 1.29 is 0 Å². The molecule has 10 rings (SSSR count). The molecule has 2 aliphatic rings. The van der Waals surface area contributed by atoms with E-state index in [-0.39, 0.29) is 12.0 Å². The SMILES string of the molecule is c1ccc(-c2cc3ccccc3c3c2C2c4c(n(-c5ccccc5)c5ccccc45)-c4ccccc4C2N3c2ccccc2)cc1. The lowest BCUT2D eigenvalue weighted by Crippen LogP contribution is -2.26. The number of aromatic nitrogens is 1. The largest absolute Gasteiger partial charge is 0.332 e. The van der Waals surface area contributed by atoms with Gasteiger partial charge in [0.2, 0.25) is 0 Å². The highest BCUT2D eigenvalue weighted by atomic mass is 15.2. The number of fused-ring (bicyclic) bond motifs is 12. The van der Waals surface area contributed by atoms with E-state index in [1.54, 1.807) is 0 Å². The lowest BCUT2D eigenvalue weighted by atomic mass is 9.74. The zero-order valence-corrected chi connectivity index (χ0v) is 25.2. The zero-order chi connectivity index (χ0) is 30.2. The van der Waals surface area contributed by atoms with Crippen LogP contribution in [-0.4, -0.2) is 4.57 Å². The molecular formula is C44H30N2. The Morgan fingerprint density at radius 1 is 0.457 bits per heavy atom. The molecule has 0 saturated heterocycles. The Morgan fingerprint density at radius 2 is 1.07 bits per heavy atom. The van der Waals surface area contributed by atoms with Gasteiger partial charge in [0.05, 0.1) is 22.9 Å². The van der Waals surface area contributed by atoms with E-state index in [9.17, 15) is 0 Å². The number of rotatable bonds is 3. The van der Waals surface area contributed by atoms with Gasteiger partial charge in [-0.05, 0) is 69.6 Å². The van der Waals surface area contributed by atoms with E-state index in [1.807, 2.05) is 0 Å². The molecule has 2 atom stereocenters. The van der Waals surface area contributed by atoms with Gasteiger partial charge in [0, 0.05) is 33.6 Å². The fraction of sp³-hybridized carbons (Fsp3) is 0.0455. The van der Waals surface area contributed by atoms with Crippen LogP contribution in [0.15, 0.2) is 170 Å². The van der Waals surface area contributed by atoms with Crippen molar-refractivity contribution in [3.8, 4) is 28.1 Å². The smallest absolute Gasteiger partial charge is 0.0709 e. The molecule has 1 aromatic heterocycles. The van der Waals surface area contributed by atoms with E-state index in [0.717, 1.165) is 0 Å². The molecule has 2 nitrogen and oxygen atoms in total. The summed E-state index contributed by atoms with van der Waals surface area (Å²) in [5, 5.41) is 3.88.